The van der Waals surface area contributed by atoms with Crippen LogP contribution in [-0.2, 0) is 44.5 Å². The van der Waals surface area contributed by atoms with Gasteiger partial charge in [0.25, 0.3) is 5.91 Å². The van der Waals surface area contributed by atoms with Gasteiger partial charge in [-0.15, -0.1) is 0 Å². The Morgan fingerprint density at radius 1 is 0.770 bits per heavy atom. The molecule has 0 aromatic heterocycles. The Bertz CT molecular complexity index is 2390. The van der Waals surface area contributed by atoms with Crippen molar-refractivity contribution >= 4 is 35.1 Å². The van der Waals surface area contributed by atoms with E-state index in [9.17, 15) is 24.4 Å². The molecule has 17 heteroatoms. The van der Waals surface area contributed by atoms with Crippen molar-refractivity contribution in [2.45, 2.75) is 117 Å². The van der Waals surface area contributed by atoms with E-state index in [1.165, 1.54) is 0 Å². The SMILES string of the molecule is CN[C@@H](C)C(=O)N[C@H](C(=O)C1CCC[C@H]1C(=O)N[C@H]1c2ccccc2C[C@H]1OCCOCCOCCOCCOCCOc1ccc(C(=O)NC2C(C)(C)C(Oc3ccc(C#N)c(Cl)c3)C2(C)C)cc1)C(C)(C)C. The van der Waals surface area contributed by atoms with Crippen molar-refractivity contribution in [3.05, 3.63) is 94.0 Å². The number of benzene rings is 3. The molecule has 3 aliphatic rings. The summed E-state index contributed by atoms with van der Waals surface area (Å²) in [6.07, 6.45) is 2.13. The van der Waals surface area contributed by atoms with E-state index in [0.29, 0.717) is 113 Å². The van der Waals surface area contributed by atoms with E-state index in [-0.39, 0.29) is 58.6 Å². The summed E-state index contributed by atoms with van der Waals surface area (Å²) >= 11 is 6.23. The van der Waals surface area contributed by atoms with Crippen LogP contribution in [-0.4, -0.2) is 127 Å². The van der Waals surface area contributed by atoms with Crippen LogP contribution in [0.15, 0.2) is 66.7 Å². The van der Waals surface area contributed by atoms with Crippen molar-refractivity contribution in [2.75, 3.05) is 73.1 Å². The third kappa shape index (κ3) is 14.8. The summed E-state index contributed by atoms with van der Waals surface area (Å²) in [5.41, 5.74) is 1.76. The highest BCUT2D eigenvalue weighted by atomic mass is 35.5. The van der Waals surface area contributed by atoms with Gasteiger partial charge in [0.2, 0.25) is 11.8 Å². The van der Waals surface area contributed by atoms with E-state index in [0.717, 1.165) is 17.5 Å². The van der Waals surface area contributed by atoms with E-state index in [1.807, 2.05) is 39.0 Å². The molecule has 0 saturated heterocycles. The summed E-state index contributed by atoms with van der Waals surface area (Å²) in [6, 6.07) is 20.4. The first-order valence-corrected chi connectivity index (χ1v) is 26.4. The van der Waals surface area contributed by atoms with E-state index in [1.54, 1.807) is 56.4 Å². The van der Waals surface area contributed by atoms with E-state index < -0.39 is 29.3 Å². The Labute approximate surface area is 442 Å². The molecule has 3 aromatic carbocycles. The average Bonchev–Trinajstić information content (AvgIpc) is 4.01. The molecule has 74 heavy (non-hydrogen) atoms. The highest BCUT2D eigenvalue weighted by molar-refractivity contribution is 6.31. The Hall–Kier alpha value is -5.12. The Balaban J connectivity index is 0.798. The van der Waals surface area contributed by atoms with Crippen molar-refractivity contribution in [3.63, 3.8) is 0 Å². The number of fused-ring (bicyclic) bond motifs is 1. The number of hydrogen-bond donors (Lipinski definition) is 4. The van der Waals surface area contributed by atoms with Crippen LogP contribution in [0.5, 0.6) is 11.5 Å². The normalized spacial score (nSPS) is 22.3. The van der Waals surface area contributed by atoms with Crippen LogP contribution in [0.4, 0.5) is 0 Å². The second-order valence-electron chi connectivity index (χ2n) is 21.8. The third-order valence-electron chi connectivity index (χ3n) is 14.7. The van der Waals surface area contributed by atoms with Crippen molar-refractivity contribution in [1.29, 1.82) is 5.26 Å². The number of likely N-dealkylation sites (N-methyl/N-ethyl adjacent to an activating group) is 1. The number of carbonyl (C=O) groups is 4. The lowest BCUT2D eigenvalue weighted by Crippen LogP contribution is -2.74. The van der Waals surface area contributed by atoms with Crippen LogP contribution in [0, 0.1) is 39.4 Å². The summed E-state index contributed by atoms with van der Waals surface area (Å²) < 4.78 is 41.2. The zero-order chi connectivity index (χ0) is 53.6. The van der Waals surface area contributed by atoms with E-state index in [4.69, 9.17) is 44.8 Å². The molecule has 3 amide bonds. The van der Waals surface area contributed by atoms with Gasteiger partial charge in [-0.25, -0.2) is 0 Å². The van der Waals surface area contributed by atoms with Gasteiger partial charge in [-0.1, -0.05) is 90.8 Å². The molecule has 404 valence electrons. The van der Waals surface area contributed by atoms with Gasteiger partial charge in [0.15, 0.2) is 5.78 Å². The summed E-state index contributed by atoms with van der Waals surface area (Å²) in [5.74, 6) is -0.447. The number of nitriles is 1. The van der Waals surface area contributed by atoms with Gasteiger partial charge in [0.05, 0.1) is 94.3 Å². The first-order valence-electron chi connectivity index (χ1n) is 26.0. The fourth-order valence-electron chi connectivity index (χ4n) is 10.8. The molecule has 0 aliphatic heterocycles. The molecule has 0 heterocycles. The number of rotatable bonds is 28. The number of hydrogen-bond acceptors (Lipinski definition) is 13. The quantitative estimate of drug-likeness (QED) is 0.0533. The van der Waals surface area contributed by atoms with Crippen LogP contribution < -0.4 is 30.7 Å². The number of amides is 3. The highest BCUT2D eigenvalue weighted by Gasteiger charge is 2.64. The van der Waals surface area contributed by atoms with Gasteiger partial charge in [-0.05, 0) is 79.8 Å². The van der Waals surface area contributed by atoms with Gasteiger partial charge in [0, 0.05) is 46.8 Å². The predicted octanol–water partition coefficient (Wildman–Crippen LogP) is 7.19. The van der Waals surface area contributed by atoms with Crippen LogP contribution in [0.3, 0.4) is 0 Å². The number of ketones is 1. The molecule has 4 N–H and O–H groups in total. The molecule has 6 rings (SSSR count). The maximum atomic E-state index is 14.1. The average molecular weight is 1040 g/mol. The van der Waals surface area contributed by atoms with Gasteiger partial charge >= 0.3 is 0 Å². The van der Waals surface area contributed by atoms with Crippen LogP contribution in [0.1, 0.15) is 108 Å². The molecule has 0 spiro atoms. The van der Waals surface area contributed by atoms with Crippen LogP contribution >= 0.6 is 11.6 Å². The fraction of sp³-hybridized carbons (Fsp3) is 0.596. The maximum absolute atomic E-state index is 14.1. The monoisotopic (exact) mass is 1040 g/mol. The first kappa shape index (κ1) is 58.1. The van der Waals surface area contributed by atoms with Crippen LogP contribution in [0.25, 0.3) is 0 Å². The fourth-order valence-corrected chi connectivity index (χ4v) is 11.0. The second-order valence-corrected chi connectivity index (χ2v) is 22.2. The Morgan fingerprint density at radius 2 is 1.35 bits per heavy atom. The summed E-state index contributed by atoms with van der Waals surface area (Å²) in [7, 11) is 1.70. The minimum absolute atomic E-state index is 0.0918. The molecule has 2 fully saturated rings. The molecular weight excluding hydrogens is 966 g/mol. The lowest BCUT2D eigenvalue weighted by atomic mass is 9.49. The maximum Gasteiger partial charge on any atom is 0.251 e. The van der Waals surface area contributed by atoms with Gasteiger partial charge in [-0.2, -0.15) is 5.26 Å². The predicted molar refractivity (Wildman–Crippen MR) is 281 cm³/mol. The number of carbonyl (C=O) groups excluding carboxylic acids is 4. The van der Waals surface area contributed by atoms with Crippen molar-refractivity contribution < 1.29 is 52.3 Å². The van der Waals surface area contributed by atoms with Gasteiger partial charge in [0.1, 0.15) is 30.3 Å². The van der Waals surface area contributed by atoms with Crippen molar-refractivity contribution in [3.8, 4) is 17.6 Å². The number of nitrogens with one attached hydrogen (secondary N) is 4. The number of ether oxygens (including phenoxy) is 7. The standard InChI is InChI=1S/C57H78ClN5O11/c1-36(60-9)50(65)62-49(55(2,3)4)48(64)43-15-12-16-44(43)52(67)61-47-42-14-11-10-13-38(42)33-46(47)73-32-30-71-28-26-69-24-23-68-25-27-70-29-31-72-40-20-17-37(18-21-40)51(66)63-53-56(5,6)54(57(53,7)8)74-41-22-19-39(35-59)45(58)34-41/h10-11,13-14,17-22,34,36,43-44,46-47,49,53-54,60H,12,15-16,23-33H2,1-9H3,(H,61,67)(H,62,65)(H,63,66)/t36-,43?,44+,46+,47-,49+,53?,54?/m0/s1. The molecule has 1 unspecified atom stereocenters. The zero-order valence-electron chi connectivity index (χ0n) is 44.7. The van der Waals surface area contributed by atoms with Gasteiger partial charge in [-0.3, -0.25) is 19.2 Å². The Morgan fingerprint density at radius 3 is 1.95 bits per heavy atom. The van der Waals surface area contributed by atoms with Gasteiger partial charge < -0.3 is 54.4 Å². The molecule has 16 nitrogen and oxygen atoms in total. The minimum Gasteiger partial charge on any atom is -0.491 e. The highest BCUT2D eigenvalue weighted by Crippen LogP contribution is 2.55. The molecule has 2 saturated carbocycles. The number of Topliss-reactive ketones (excluding diaryl/α,β-unsaturated/α-hetero) is 1. The molecule has 3 aromatic rings. The molecule has 6 atom stereocenters. The third-order valence-corrected chi connectivity index (χ3v) is 15.0. The summed E-state index contributed by atoms with van der Waals surface area (Å²) in [4.78, 5) is 54.2. The largest absolute Gasteiger partial charge is 0.491 e. The van der Waals surface area contributed by atoms with Crippen molar-refractivity contribution in [1.82, 2.24) is 21.3 Å². The van der Waals surface area contributed by atoms with Crippen molar-refractivity contribution in [2.24, 2.45) is 28.1 Å². The zero-order valence-corrected chi connectivity index (χ0v) is 45.4. The summed E-state index contributed by atoms with van der Waals surface area (Å²) in [5, 5.41) is 21.9. The molecular formula is C57H78ClN5O11. The molecule has 0 bridgehead atoms. The smallest absolute Gasteiger partial charge is 0.251 e. The van der Waals surface area contributed by atoms with E-state index in [2.05, 4.69) is 61.1 Å². The van der Waals surface area contributed by atoms with E-state index >= 15 is 0 Å². The minimum atomic E-state index is -0.720. The lowest BCUT2D eigenvalue weighted by molar-refractivity contribution is -0.164. The number of halogens is 1. The summed E-state index contributed by atoms with van der Waals surface area (Å²) in [6.45, 7) is 19.7. The topological polar surface area (TPSA) is 205 Å². The second kappa shape index (κ2) is 26.6. The molecule has 0 radical (unpaired) electrons. The Kier molecular flexibility index (Phi) is 20.9. The lowest BCUT2D eigenvalue weighted by Gasteiger charge is -2.63. The number of nitrogens with zero attached hydrogens (tertiary/aromatic N) is 1. The van der Waals surface area contributed by atoms with Crippen LogP contribution in [0.2, 0.25) is 5.02 Å². The molecule has 3 aliphatic carbocycles. The first-order chi connectivity index (χ1) is 35.3.